The third-order valence-electron chi connectivity index (χ3n) is 3.12. The van der Waals surface area contributed by atoms with E-state index in [4.69, 9.17) is 4.52 Å². The zero-order valence-electron chi connectivity index (χ0n) is 12.2. The molecule has 1 unspecified atom stereocenters. The molecule has 0 amide bonds. The molecule has 20 heavy (non-hydrogen) atoms. The van der Waals surface area contributed by atoms with Crippen molar-refractivity contribution in [2.45, 2.75) is 39.7 Å². The first-order valence-electron chi connectivity index (χ1n) is 7.03. The fourth-order valence-corrected chi connectivity index (χ4v) is 1.92. The first-order valence-corrected chi connectivity index (χ1v) is 7.03. The fourth-order valence-electron chi connectivity index (χ4n) is 1.92. The van der Waals surface area contributed by atoms with E-state index in [2.05, 4.69) is 46.2 Å². The van der Waals surface area contributed by atoms with Gasteiger partial charge >= 0.3 is 0 Å². The minimum Gasteiger partial charge on any atom is -0.339 e. The molecular weight excluding hydrogens is 254 g/mol. The van der Waals surface area contributed by atoms with E-state index >= 15 is 0 Å². The van der Waals surface area contributed by atoms with Crippen molar-refractivity contribution in [2.24, 2.45) is 5.92 Å². The molecule has 6 nitrogen and oxygen atoms in total. The molecule has 2 aromatic rings. The lowest BCUT2D eigenvalue weighted by Crippen LogP contribution is -2.36. The molecule has 0 aliphatic carbocycles. The first kappa shape index (κ1) is 14.6. The van der Waals surface area contributed by atoms with E-state index in [1.807, 2.05) is 0 Å². The quantitative estimate of drug-likeness (QED) is 0.833. The molecule has 0 bridgehead atoms. The third kappa shape index (κ3) is 3.84. The van der Waals surface area contributed by atoms with Crippen LogP contribution in [0.15, 0.2) is 23.1 Å². The van der Waals surface area contributed by atoms with E-state index < -0.39 is 0 Å². The standard InChI is InChI=1S/C14H21N5O/c1-4-5-16-11(10(2)3)8-13-18-14(19-20-13)12-9-15-6-7-17-12/h6-7,9-11,16H,4-5,8H2,1-3H3. The van der Waals surface area contributed by atoms with Crippen molar-refractivity contribution in [3.05, 3.63) is 24.5 Å². The molecule has 2 aromatic heterocycles. The predicted octanol–water partition coefficient (Wildman–Crippen LogP) is 2.09. The molecule has 0 aromatic carbocycles. The molecule has 0 spiro atoms. The fraction of sp³-hybridized carbons (Fsp3) is 0.571. The van der Waals surface area contributed by atoms with E-state index in [9.17, 15) is 0 Å². The van der Waals surface area contributed by atoms with Crippen molar-refractivity contribution in [2.75, 3.05) is 6.54 Å². The summed E-state index contributed by atoms with van der Waals surface area (Å²) in [6.45, 7) is 7.53. The molecule has 0 aliphatic heterocycles. The van der Waals surface area contributed by atoms with Gasteiger partial charge in [0.15, 0.2) is 0 Å². The summed E-state index contributed by atoms with van der Waals surface area (Å²) in [7, 11) is 0. The van der Waals surface area contributed by atoms with Crippen LogP contribution in [-0.2, 0) is 6.42 Å². The largest absolute Gasteiger partial charge is 0.339 e. The third-order valence-corrected chi connectivity index (χ3v) is 3.12. The summed E-state index contributed by atoms with van der Waals surface area (Å²) >= 11 is 0. The SMILES string of the molecule is CCCNC(Cc1nc(-c2cnccn2)no1)C(C)C. The van der Waals surface area contributed by atoms with Crippen LogP contribution in [0.2, 0.25) is 0 Å². The lowest BCUT2D eigenvalue weighted by atomic mass is 10.0. The van der Waals surface area contributed by atoms with E-state index in [0.717, 1.165) is 19.4 Å². The maximum atomic E-state index is 5.31. The van der Waals surface area contributed by atoms with Crippen LogP contribution < -0.4 is 5.32 Å². The number of aromatic nitrogens is 4. The molecule has 1 atom stereocenters. The Morgan fingerprint density at radius 3 is 2.80 bits per heavy atom. The van der Waals surface area contributed by atoms with Crippen LogP contribution in [0.4, 0.5) is 0 Å². The van der Waals surface area contributed by atoms with E-state index in [1.54, 1.807) is 18.6 Å². The van der Waals surface area contributed by atoms with Crippen LogP contribution in [0.5, 0.6) is 0 Å². The summed E-state index contributed by atoms with van der Waals surface area (Å²) < 4.78 is 5.31. The monoisotopic (exact) mass is 275 g/mol. The molecule has 0 saturated heterocycles. The maximum absolute atomic E-state index is 5.31. The topological polar surface area (TPSA) is 76.7 Å². The van der Waals surface area contributed by atoms with Gasteiger partial charge in [-0.05, 0) is 18.9 Å². The lowest BCUT2D eigenvalue weighted by Gasteiger charge is -2.20. The Hall–Kier alpha value is -1.82. The Balaban J connectivity index is 2.04. The first-order chi connectivity index (χ1) is 9.70. The summed E-state index contributed by atoms with van der Waals surface area (Å²) in [4.78, 5) is 12.6. The predicted molar refractivity (Wildman–Crippen MR) is 75.9 cm³/mol. The van der Waals surface area contributed by atoms with Crippen molar-refractivity contribution < 1.29 is 4.52 Å². The van der Waals surface area contributed by atoms with Crippen molar-refractivity contribution in [3.63, 3.8) is 0 Å². The van der Waals surface area contributed by atoms with Gasteiger partial charge in [0.1, 0.15) is 5.69 Å². The summed E-state index contributed by atoms with van der Waals surface area (Å²) in [5.41, 5.74) is 0.630. The summed E-state index contributed by atoms with van der Waals surface area (Å²) in [6, 6.07) is 0.338. The second-order valence-corrected chi connectivity index (χ2v) is 5.11. The van der Waals surface area contributed by atoms with Gasteiger partial charge in [0.2, 0.25) is 11.7 Å². The second kappa shape index (κ2) is 7.09. The summed E-state index contributed by atoms with van der Waals surface area (Å²) in [5.74, 6) is 1.63. The second-order valence-electron chi connectivity index (χ2n) is 5.11. The highest BCUT2D eigenvalue weighted by atomic mass is 16.5. The van der Waals surface area contributed by atoms with Crippen molar-refractivity contribution in [1.82, 2.24) is 25.4 Å². The minimum atomic E-state index is 0.338. The van der Waals surface area contributed by atoms with Gasteiger partial charge in [0, 0.05) is 24.9 Å². The molecule has 6 heteroatoms. The molecule has 0 saturated carbocycles. The molecule has 0 radical (unpaired) electrons. The number of hydrogen-bond acceptors (Lipinski definition) is 6. The highest BCUT2D eigenvalue weighted by Gasteiger charge is 2.18. The lowest BCUT2D eigenvalue weighted by molar-refractivity contribution is 0.326. The van der Waals surface area contributed by atoms with Crippen LogP contribution in [-0.4, -0.2) is 32.7 Å². The van der Waals surface area contributed by atoms with Gasteiger partial charge in [0.05, 0.1) is 6.20 Å². The van der Waals surface area contributed by atoms with E-state index in [1.165, 1.54) is 0 Å². The average Bonchev–Trinajstić information content (AvgIpc) is 2.92. The Kier molecular flexibility index (Phi) is 5.17. The maximum Gasteiger partial charge on any atom is 0.228 e. The zero-order valence-corrected chi connectivity index (χ0v) is 12.2. The number of nitrogens with one attached hydrogen (secondary N) is 1. The van der Waals surface area contributed by atoms with E-state index in [0.29, 0.717) is 29.4 Å². The van der Waals surface area contributed by atoms with Gasteiger partial charge in [-0.25, -0.2) is 4.98 Å². The summed E-state index contributed by atoms with van der Waals surface area (Å²) in [6.07, 6.45) is 6.70. The summed E-state index contributed by atoms with van der Waals surface area (Å²) in [5, 5.41) is 7.47. The minimum absolute atomic E-state index is 0.338. The van der Waals surface area contributed by atoms with Gasteiger partial charge in [-0.15, -0.1) is 0 Å². The van der Waals surface area contributed by atoms with E-state index in [-0.39, 0.29) is 0 Å². The molecule has 2 heterocycles. The van der Waals surface area contributed by atoms with Gasteiger partial charge in [-0.2, -0.15) is 4.98 Å². The normalized spacial score (nSPS) is 12.8. The molecule has 0 fully saturated rings. The van der Waals surface area contributed by atoms with Gasteiger partial charge in [-0.1, -0.05) is 25.9 Å². The van der Waals surface area contributed by atoms with Gasteiger partial charge in [-0.3, -0.25) is 4.98 Å². The van der Waals surface area contributed by atoms with Crippen molar-refractivity contribution in [3.8, 4) is 11.5 Å². The van der Waals surface area contributed by atoms with Crippen molar-refractivity contribution >= 4 is 0 Å². The van der Waals surface area contributed by atoms with Crippen LogP contribution in [0, 0.1) is 5.92 Å². The number of hydrogen-bond donors (Lipinski definition) is 1. The van der Waals surface area contributed by atoms with Crippen LogP contribution in [0.3, 0.4) is 0 Å². The smallest absolute Gasteiger partial charge is 0.228 e. The van der Waals surface area contributed by atoms with Gasteiger partial charge < -0.3 is 9.84 Å². The molecule has 2 rings (SSSR count). The van der Waals surface area contributed by atoms with Crippen LogP contribution in [0.1, 0.15) is 33.1 Å². The highest BCUT2D eigenvalue weighted by Crippen LogP contribution is 2.14. The van der Waals surface area contributed by atoms with Crippen molar-refractivity contribution in [1.29, 1.82) is 0 Å². The molecular formula is C14H21N5O. The molecule has 1 N–H and O–H groups in total. The Morgan fingerprint density at radius 1 is 1.30 bits per heavy atom. The average molecular weight is 275 g/mol. The number of rotatable bonds is 7. The van der Waals surface area contributed by atoms with Crippen LogP contribution in [0.25, 0.3) is 11.5 Å². The Morgan fingerprint density at radius 2 is 2.15 bits per heavy atom. The Bertz CT molecular complexity index is 511. The zero-order chi connectivity index (χ0) is 14.4. The van der Waals surface area contributed by atoms with Gasteiger partial charge in [0.25, 0.3) is 0 Å². The Labute approximate surface area is 119 Å². The van der Waals surface area contributed by atoms with Crippen LogP contribution >= 0.6 is 0 Å². The molecule has 108 valence electrons. The molecule has 0 aliphatic rings. The number of nitrogens with zero attached hydrogens (tertiary/aromatic N) is 4. The highest BCUT2D eigenvalue weighted by molar-refractivity contribution is 5.45.